The number of carbonyl (C=O) groups excluding carboxylic acids is 1. The number of ether oxygens (including phenoxy) is 1. The second kappa shape index (κ2) is 7.26. The minimum absolute atomic E-state index is 0.0797. The first-order valence-corrected chi connectivity index (χ1v) is 6.44. The average Bonchev–Trinajstić information content (AvgIpc) is 2.39. The first kappa shape index (κ1) is 15.7. The summed E-state index contributed by atoms with van der Waals surface area (Å²) >= 11 is 0. The molecule has 0 bridgehead atoms. The molecule has 0 radical (unpaired) electrons. The summed E-state index contributed by atoms with van der Waals surface area (Å²) in [4.78, 5) is 12.1. The van der Waals surface area contributed by atoms with Crippen LogP contribution in [-0.4, -0.2) is 37.4 Å². The zero-order chi connectivity index (χ0) is 14.3. The Labute approximate surface area is 114 Å². The Kier molecular flexibility index (Phi) is 5.99. The van der Waals surface area contributed by atoms with Crippen molar-refractivity contribution in [1.29, 1.82) is 0 Å². The van der Waals surface area contributed by atoms with E-state index in [2.05, 4.69) is 5.32 Å². The maximum atomic E-state index is 12.1. The number of aliphatic hydroxyl groups excluding tert-OH is 1. The fourth-order valence-electron chi connectivity index (χ4n) is 1.87. The number of hydrogen-bond donors (Lipinski definition) is 2. The van der Waals surface area contributed by atoms with Gasteiger partial charge in [-0.05, 0) is 25.8 Å². The van der Waals surface area contributed by atoms with Gasteiger partial charge in [-0.15, -0.1) is 0 Å². The topological polar surface area (TPSA) is 58.6 Å². The third kappa shape index (κ3) is 5.01. The summed E-state index contributed by atoms with van der Waals surface area (Å²) < 4.78 is 5.04. The highest BCUT2D eigenvalue weighted by Gasteiger charge is 2.29. The fraction of sp³-hybridized carbons (Fsp3) is 0.533. The highest BCUT2D eigenvalue weighted by atomic mass is 16.5. The van der Waals surface area contributed by atoms with E-state index < -0.39 is 5.41 Å². The summed E-state index contributed by atoms with van der Waals surface area (Å²) in [6.07, 6.45) is 0.617. The van der Waals surface area contributed by atoms with Gasteiger partial charge in [0.15, 0.2) is 0 Å². The number of carbonyl (C=O) groups is 1. The Hall–Kier alpha value is -1.39. The highest BCUT2D eigenvalue weighted by molar-refractivity contribution is 5.82. The van der Waals surface area contributed by atoms with Gasteiger partial charge < -0.3 is 15.2 Å². The molecule has 0 heterocycles. The number of rotatable bonds is 7. The van der Waals surface area contributed by atoms with Crippen LogP contribution in [0, 0.1) is 5.41 Å². The molecular weight excluding hydrogens is 242 g/mol. The standard InChI is InChI=1S/C15H23NO3/c1-15(2,11-19-3)14(18)16-13(10-17)9-12-7-5-4-6-8-12/h4-8,13,17H,9-11H2,1-3H3,(H,16,18)/t13-/m0/s1. The molecule has 19 heavy (non-hydrogen) atoms. The summed E-state index contributed by atoms with van der Waals surface area (Å²) in [5.74, 6) is -0.107. The molecule has 0 saturated carbocycles. The van der Waals surface area contributed by atoms with Gasteiger partial charge in [0.05, 0.1) is 24.7 Å². The largest absolute Gasteiger partial charge is 0.394 e. The van der Waals surface area contributed by atoms with Crippen molar-refractivity contribution >= 4 is 5.91 Å². The molecule has 4 heteroatoms. The molecule has 106 valence electrons. The fourth-order valence-corrected chi connectivity index (χ4v) is 1.87. The molecule has 0 fully saturated rings. The molecule has 0 spiro atoms. The van der Waals surface area contributed by atoms with Crippen molar-refractivity contribution in [2.75, 3.05) is 20.3 Å². The molecule has 4 nitrogen and oxygen atoms in total. The van der Waals surface area contributed by atoms with Crippen molar-refractivity contribution in [3.63, 3.8) is 0 Å². The first-order valence-electron chi connectivity index (χ1n) is 6.44. The minimum atomic E-state index is -0.598. The smallest absolute Gasteiger partial charge is 0.228 e. The number of nitrogens with one attached hydrogen (secondary N) is 1. The van der Waals surface area contributed by atoms with E-state index in [0.29, 0.717) is 13.0 Å². The molecular formula is C15H23NO3. The zero-order valence-electron chi connectivity index (χ0n) is 11.8. The van der Waals surface area contributed by atoms with Crippen LogP contribution in [0.4, 0.5) is 0 Å². The van der Waals surface area contributed by atoms with Gasteiger partial charge in [-0.2, -0.15) is 0 Å². The molecule has 2 N–H and O–H groups in total. The molecule has 0 aliphatic rings. The Morgan fingerprint density at radius 2 is 2.00 bits per heavy atom. The van der Waals surface area contributed by atoms with Crippen LogP contribution < -0.4 is 5.32 Å². The Bertz CT molecular complexity index is 390. The van der Waals surface area contributed by atoms with E-state index in [0.717, 1.165) is 5.56 Å². The number of methoxy groups -OCH3 is 1. The van der Waals surface area contributed by atoms with Gasteiger partial charge in [0, 0.05) is 7.11 Å². The van der Waals surface area contributed by atoms with Crippen LogP contribution in [0.5, 0.6) is 0 Å². The SMILES string of the molecule is COCC(C)(C)C(=O)N[C@H](CO)Cc1ccccc1. The lowest BCUT2D eigenvalue weighted by Crippen LogP contribution is -2.47. The monoisotopic (exact) mass is 265 g/mol. The maximum Gasteiger partial charge on any atom is 0.228 e. The van der Waals surface area contributed by atoms with Gasteiger partial charge in [-0.25, -0.2) is 0 Å². The van der Waals surface area contributed by atoms with Crippen LogP contribution in [0.15, 0.2) is 30.3 Å². The van der Waals surface area contributed by atoms with Crippen molar-refractivity contribution in [3.8, 4) is 0 Å². The van der Waals surface area contributed by atoms with E-state index in [1.807, 2.05) is 44.2 Å². The third-order valence-electron chi connectivity index (χ3n) is 3.00. The van der Waals surface area contributed by atoms with Crippen molar-refractivity contribution < 1.29 is 14.6 Å². The lowest BCUT2D eigenvalue weighted by molar-refractivity contribution is -0.133. The van der Waals surface area contributed by atoms with Crippen LogP contribution in [-0.2, 0) is 16.0 Å². The van der Waals surface area contributed by atoms with Gasteiger partial charge in [0.2, 0.25) is 5.91 Å². The molecule has 0 saturated heterocycles. The van der Waals surface area contributed by atoms with Crippen LogP contribution in [0.3, 0.4) is 0 Å². The molecule has 0 unspecified atom stereocenters. The van der Waals surface area contributed by atoms with Gasteiger partial charge in [-0.3, -0.25) is 4.79 Å². The second-order valence-electron chi connectivity index (χ2n) is 5.36. The Morgan fingerprint density at radius 1 is 1.37 bits per heavy atom. The average molecular weight is 265 g/mol. The van der Waals surface area contributed by atoms with E-state index in [1.54, 1.807) is 7.11 Å². The van der Waals surface area contributed by atoms with Crippen molar-refractivity contribution in [1.82, 2.24) is 5.32 Å². The highest BCUT2D eigenvalue weighted by Crippen LogP contribution is 2.16. The Morgan fingerprint density at radius 3 is 2.53 bits per heavy atom. The number of hydrogen-bond acceptors (Lipinski definition) is 3. The molecule has 1 rings (SSSR count). The zero-order valence-corrected chi connectivity index (χ0v) is 11.8. The van der Waals surface area contributed by atoms with Crippen LogP contribution in [0.2, 0.25) is 0 Å². The van der Waals surface area contributed by atoms with Crippen molar-refractivity contribution in [2.45, 2.75) is 26.3 Å². The van der Waals surface area contributed by atoms with E-state index >= 15 is 0 Å². The third-order valence-corrected chi connectivity index (χ3v) is 3.00. The van der Waals surface area contributed by atoms with Gasteiger partial charge in [0.25, 0.3) is 0 Å². The number of aliphatic hydroxyl groups is 1. The lowest BCUT2D eigenvalue weighted by atomic mass is 9.92. The quantitative estimate of drug-likeness (QED) is 0.783. The normalized spacial score (nSPS) is 13.1. The summed E-state index contributed by atoms with van der Waals surface area (Å²) in [6.45, 7) is 3.91. The van der Waals surface area contributed by atoms with Crippen LogP contribution >= 0.6 is 0 Å². The lowest BCUT2D eigenvalue weighted by Gasteiger charge is -2.26. The molecule has 0 aliphatic heterocycles. The summed E-state index contributed by atoms with van der Waals surface area (Å²) in [5.41, 5.74) is 0.491. The summed E-state index contributed by atoms with van der Waals surface area (Å²) in [6, 6.07) is 9.52. The van der Waals surface area contributed by atoms with Gasteiger partial charge in [-0.1, -0.05) is 30.3 Å². The molecule has 0 aliphatic carbocycles. The van der Waals surface area contributed by atoms with E-state index in [4.69, 9.17) is 4.74 Å². The second-order valence-corrected chi connectivity index (χ2v) is 5.36. The van der Waals surface area contributed by atoms with E-state index in [-0.39, 0.29) is 18.6 Å². The maximum absolute atomic E-state index is 12.1. The van der Waals surface area contributed by atoms with Crippen molar-refractivity contribution in [3.05, 3.63) is 35.9 Å². The molecule has 1 atom stereocenters. The molecule has 0 aromatic heterocycles. The van der Waals surface area contributed by atoms with Gasteiger partial charge >= 0.3 is 0 Å². The predicted molar refractivity (Wildman–Crippen MR) is 74.8 cm³/mol. The molecule has 1 amide bonds. The first-order chi connectivity index (χ1) is 8.99. The van der Waals surface area contributed by atoms with Gasteiger partial charge in [0.1, 0.15) is 0 Å². The van der Waals surface area contributed by atoms with E-state index in [9.17, 15) is 9.90 Å². The van der Waals surface area contributed by atoms with E-state index in [1.165, 1.54) is 0 Å². The Balaban J connectivity index is 2.60. The molecule has 1 aromatic carbocycles. The van der Waals surface area contributed by atoms with Crippen LogP contribution in [0.1, 0.15) is 19.4 Å². The summed E-state index contributed by atoms with van der Waals surface area (Å²) in [7, 11) is 1.57. The number of benzene rings is 1. The minimum Gasteiger partial charge on any atom is -0.394 e. The van der Waals surface area contributed by atoms with Crippen molar-refractivity contribution in [2.24, 2.45) is 5.41 Å². The molecule has 1 aromatic rings. The predicted octanol–water partition coefficient (Wildman–Crippen LogP) is 1.38. The van der Waals surface area contributed by atoms with Crippen LogP contribution in [0.25, 0.3) is 0 Å². The number of amides is 1. The summed E-state index contributed by atoms with van der Waals surface area (Å²) in [5, 5.41) is 12.3.